The molecule has 0 saturated carbocycles. The number of rotatable bonds is 6. The van der Waals surface area contributed by atoms with E-state index in [1.807, 2.05) is 13.8 Å². The lowest BCUT2D eigenvalue weighted by molar-refractivity contribution is 0.0757. The smallest absolute Gasteiger partial charge is 0.252 e. The van der Waals surface area contributed by atoms with Crippen LogP contribution in [0.15, 0.2) is 18.5 Å². The molecule has 0 aliphatic heterocycles. The van der Waals surface area contributed by atoms with Crippen LogP contribution in [0.5, 0.6) is 5.75 Å². The van der Waals surface area contributed by atoms with Crippen LogP contribution in [0.3, 0.4) is 0 Å². The molecule has 0 fully saturated rings. The van der Waals surface area contributed by atoms with Crippen molar-refractivity contribution in [3.05, 3.63) is 24.0 Å². The molecular weight excluding hydrogens is 220 g/mol. The van der Waals surface area contributed by atoms with Crippen LogP contribution >= 0.6 is 0 Å². The summed E-state index contributed by atoms with van der Waals surface area (Å²) in [6.45, 7) is 5.10. The van der Waals surface area contributed by atoms with Gasteiger partial charge in [0.25, 0.3) is 5.91 Å². The van der Waals surface area contributed by atoms with Crippen LogP contribution in [0.1, 0.15) is 30.6 Å². The molecule has 94 valence electrons. The molecule has 0 unspecified atom stereocenters. The van der Waals surface area contributed by atoms with Crippen LogP contribution in [0.25, 0.3) is 0 Å². The SMILES string of the molecule is CC(C)OCCCNC(=O)c1cncc(O)c1. The van der Waals surface area contributed by atoms with Crippen molar-refractivity contribution in [3.63, 3.8) is 0 Å². The van der Waals surface area contributed by atoms with Crippen molar-refractivity contribution in [2.24, 2.45) is 0 Å². The molecule has 17 heavy (non-hydrogen) atoms. The minimum absolute atomic E-state index is 0.0132. The Labute approximate surface area is 101 Å². The second-order valence-corrected chi connectivity index (χ2v) is 3.96. The lowest BCUT2D eigenvalue weighted by atomic mass is 10.2. The Morgan fingerprint density at radius 3 is 2.94 bits per heavy atom. The van der Waals surface area contributed by atoms with Crippen molar-refractivity contribution in [1.82, 2.24) is 10.3 Å². The Kier molecular flexibility index (Phi) is 5.42. The van der Waals surface area contributed by atoms with Gasteiger partial charge in [-0.15, -0.1) is 0 Å². The van der Waals surface area contributed by atoms with E-state index in [0.29, 0.717) is 18.7 Å². The van der Waals surface area contributed by atoms with Gasteiger partial charge in [0.05, 0.1) is 17.9 Å². The summed E-state index contributed by atoms with van der Waals surface area (Å²) in [7, 11) is 0. The van der Waals surface area contributed by atoms with Gasteiger partial charge >= 0.3 is 0 Å². The lowest BCUT2D eigenvalue weighted by Crippen LogP contribution is -2.25. The number of ether oxygens (including phenoxy) is 1. The quantitative estimate of drug-likeness (QED) is 0.733. The highest BCUT2D eigenvalue weighted by Crippen LogP contribution is 2.07. The highest BCUT2D eigenvalue weighted by Gasteiger charge is 2.05. The zero-order valence-corrected chi connectivity index (χ0v) is 10.1. The maximum atomic E-state index is 11.6. The van der Waals surface area contributed by atoms with Gasteiger partial charge in [-0.3, -0.25) is 9.78 Å². The van der Waals surface area contributed by atoms with Crippen LogP contribution in [0.2, 0.25) is 0 Å². The summed E-state index contributed by atoms with van der Waals surface area (Å²) in [6.07, 6.45) is 3.67. The van der Waals surface area contributed by atoms with Crippen LogP contribution in [0, 0.1) is 0 Å². The van der Waals surface area contributed by atoms with E-state index in [2.05, 4.69) is 10.3 Å². The van der Waals surface area contributed by atoms with E-state index in [-0.39, 0.29) is 17.8 Å². The maximum absolute atomic E-state index is 11.6. The number of pyridine rings is 1. The summed E-state index contributed by atoms with van der Waals surface area (Å²) in [5.74, 6) is -0.251. The standard InChI is InChI=1S/C12H18N2O3/c1-9(2)17-5-3-4-14-12(16)10-6-11(15)8-13-7-10/h6-9,15H,3-5H2,1-2H3,(H,14,16). The third-order valence-electron chi connectivity index (χ3n) is 2.04. The molecule has 0 aromatic carbocycles. The van der Waals surface area contributed by atoms with Gasteiger partial charge in [-0.2, -0.15) is 0 Å². The molecule has 0 bridgehead atoms. The van der Waals surface area contributed by atoms with Crippen molar-refractivity contribution in [2.45, 2.75) is 26.4 Å². The number of nitrogens with one attached hydrogen (secondary N) is 1. The van der Waals surface area contributed by atoms with Crippen molar-refractivity contribution in [3.8, 4) is 5.75 Å². The Morgan fingerprint density at radius 1 is 1.53 bits per heavy atom. The van der Waals surface area contributed by atoms with Crippen molar-refractivity contribution < 1.29 is 14.6 Å². The van der Waals surface area contributed by atoms with Gasteiger partial charge in [-0.1, -0.05) is 0 Å². The van der Waals surface area contributed by atoms with Crippen LogP contribution in [-0.2, 0) is 4.74 Å². The number of aromatic hydroxyl groups is 1. The van der Waals surface area contributed by atoms with Gasteiger partial charge in [-0.25, -0.2) is 0 Å². The first-order valence-electron chi connectivity index (χ1n) is 5.63. The van der Waals surface area contributed by atoms with E-state index in [1.165, 1.54) is 18.5 Å². The average Bonchev–Trinajstić information content (AvgIpc) is 2.28. The van der Waals surface area contributed by atoms with Gasteiger partial charge in [0.1, 0.15) is 5.75 Å². The highest BCUT2D eigenvalue weighted by molar-refractivity contribution is 5.94. The number of amides is 1. The number of nitrogens with zero attached hydrogens (tertiary/aromatic N) is 1. The minimum atomic E-state index is -0.238. The van der Waals surface area contributed by atoms with E-state index in [4.69, 9.17) is 4.74 Å². The molecule has 0 aliphatic carbocycles. The van der Waals surface area contributed by atoms with Crippen molar-refractivity contribution in [2.75, 3.05) is 13.2 Å². The molecule has 2 N–H and O–H groups in total. The number of carbonyl (C=O) groups excluding carboxylic acids is 1. The number of carbonyl (C=O) groups is 1. The largest absolute Gasteiger partial charge is 0.506 e. The predicted molar refractivity (Wildman–Crippen MR) is 63.9 cm³/mol. The van der Waals surface area contributed by atoms with Gasteiger partial charge in [0, 0.05) is 19.3 Å². The van der Waals surface area contributed by atoms with Crippen LogP contribution < -0.4 is 5.32 Å². The topological polar surface area (TPSA) is 71.5 Å². The predicted octanol–water partition coefficient (Wildman–Crippen LogP) is 1.33. The molecule has 5 heteroatoms. The first-order valence-corrected chi connectivity index (χ1v) is 5.63. The summed E-state index contributed by atoms with van der Waals surface area (Å²) in [4.78, 5) is 15.3. The number of aromatic nitrogens is 1. The molecule has 0 saturated heterocycles. The van der Waals surface area contributed by atoms with E-state index < -0.39 is 0 Å². The normalized spacial score (nSPS) is 10.5. The monoisotopic (exact) mass is 238 g/mol. The maximum Gasteiger partial charge on any atom is 0.252 e. The summed E-state index contributed by atoms with van der Waals surface area (Å²) in [5.41, 5.74) is 0.356. The number of hydrogen-bond donors (Lipinski definition) is 2. The summed E-state index contributed by atoms with van der Waals surface area (Å²) >= 11 is 0. The Balaban J connectivity index is 2.26. The summed E-state index contributed by atoms with van der Waals surface area (Å²) in [6, 6.07) is 1.38. The van der Waals surface area contributed by atoms with Crippen LogP contribution in [0.4, 0.5) is 0 Å². The zero-order chi connectivity index (χ0) is 12.7. The van der Waals surface area contributed by atoms with E-state index in [1.54, 1.807) is 0 Å². The fraction of sp³-hybridized carbons (Fsp3) is 0.500. The first-order chi connectivity index (χ1) is 8.09. The Morgan fingerprint density at radius 2 is 2.29 bits per heavy atom. The molecular formula is C12H18N2O3. The Bertz CT molecular complexity index is 367. The second-order valence-electron chi connectivity index (χ2n) is 3.96. The number of hydrogen-bond acceptors (Lipinski definition) is 4. The average molecular weight is 238 g/mol. The minimum Gasteiger partial charge on any atom is -0.506 e. The third-order valence-corrected chi connectivity index (χ3v) is 2.04. The highest BCUT2D eigenvalue weighted by atomic mass is 16.5. The summed E-state index contributed by atoms with van der Waals surface area (Å²) in [5, 5.41) is 11.9. The molecule has 1 amide bonds. The molecule has 5 nitrogen and oxygen atoms in total. The fourth-order valence-corrected chi connectivity index (χ4v) is 1.25. The van der Waals surface area contributed by atoms with Crippen LogP contribution in [-0.4, -0.2) is 35.3 Å². The molecule has 0 radical (unpaired) electrons. The lowest BCUT2D eigenvalue weighted by Gasteiger charge is -2.08. The third kappa shape index (κ3) is 5.31. The summed E-state index contributed by atoms with van der Waals surface area (Å²) < 4.78 is 5.34. The van der Waals surface area contributed by atoms with E-state index in [0.717, 1.165) is 6.42 Å². The zero-order valence-electron chi connectivity index (χ0n) is 10.1. The van der Waals surface area contributed by atoms with Gasteiger partial charge in [-0.05, 0) is 26.3 Å². The fourth-order valence-electron chi connectivity index (χ4n) is 1.25. The van der Waals surface area contributed by atoms with Crippen molar-refractivity contribution in [1.29, 1.82) is 0 Å². The Hall–Kier alpha value is -1.62. The molecule has 1 rings (SSSR count). The van der Waals surface area contributed by atoms with Gasteiger partial charge < -0.3 is 15.2 Å². The van der Waals surface area contributed by atoms with Gasteiger partial charge in [0.15, 0.2) is 0 Å². The molecule has 0 atom stereocenters. The molecule has 0 spiro atoms. The molecule has 0 aliphatic rings. The molecule has 1 aromatic rings. The first kappa shape index (κ1) is 13.4. The van der Waals surface area contributed by atoms with E-state index in [9.17, 15) is 9.90 Å². The molecule has 1 aromatic heterocycles. The second kappa shape index (κ2) is 6.85. The van der Waals surface area contributed by atoms with E-state index >= 15 is 0 Å². The van der Waals surface area contributed by atoms with Crippen molar-refractivity contribution >= 4 is 5.91 Å². The van der Waals surface area contributed by atoms with Gasteiger partial charge in [0.2, 0.25) is 0 Å². The molecule has 1 heterocycles.